The summed E-state index contributed by atoms with van der Waals surface area (Å²) in [5.74, 6) is 0.115. The van der Waals surface area contributed by atoms with Gasteiger partial charge < -0.3 is 4.90 Å². The number of para-hydroxylation sites is 1. The number of carbonyl (C=O) groups is 1. The highest BCUT2D eigenvalue weighted by molar-refractivity contribution is 7.89. The van der Waals surface area contributed by atoms with E-state index in [9.17, 15) is 13.2 Å². The predicted molar refractivity (Wildman–Crippen MR) is 103 cm³/mol. The van der Waals surface area contributed by atoms with E-state index < -0.39 is 10.0 Å². The Kier molecular flexibility index (Phi) is 5.16. The maximum Gasteiger partial charge on any atom is 0.258 e. The highest BCUT2D eigenvalue weighted by Crippen LogP contribution is 2.33. The summed E-state index contributed by atoms with van der Waals surface area (Å²) in [6.45, 7) is 6.29. The van der Waals surface area contributed by atoms with E-state index in [1.54, 1.807) is 17.0 Å². The lowest BCUT2D eigenvalue weighted by Gasteiger charge is -2.23. The van der Waals surface area contributed by atoms with Crippen molar-refractivity contribution in [3.63, 3.8) is 0 Å². The Labute approximate surface area is 155 Å². The minimum atomic E-state index is -3.55. The maximum atomic E-state index is 13.0. The molecule has 0 radical (unpaired) electrons. The number of hydrogen-bond acceptors (Lipinski definition) is 3. The summed E-state index contributed by atoms with van der Waals surface area (Å²) in [5, 5.41) is 0. The van der Waals surface area contributed by atoms with Crippen LogP contribution >= 0.6 is 0 Å². The lowest BCUT2D eigenvalue weighted by Crippen LogP contribution is -2.35. The number of benzene rings is 2. The third kappa shape index (κ3) is 3.66. The van der Waals surface area contributed by atoms with Crippen molar-refractivity contribution in [3.8, 4) is 0 Å². The molecule has 1 heterocycles. The van der Waals surface area contributed by atoms with Gasteiger partial charge in [0.25, 0.3) is 5.91 Å². The Morgan fingerprint density at radius 2 is 1.81 bits per heavy atom. The van der Waals surface area contributed by atoms with Crippen LogP contribution in [-0.2, 0) is 16.4 Å². The van der Waals surface area contributed by atoms with Crippen molar-refractivity contribution in [2.75, 3.05) is 11.4 Å². The Morgan fingerprint density at radius 3 is 2.46 bits per heavy atom. The van der Waals surface area contributed by atoms with Gasteiger partial charge in [-0.25, -0.2) is 13.1 Å². The van der Waals surface area contributed by atoms with Gasteiger partial charge in [-0.15, -0.1) is 0 Å². The van der Waals surface area contributed by atoms with Crippen LogP contribution in [0.2, 0.25) is 0 Å². The SMILES string of the molecule is CC(C)CNS(=O)(=O)c1ccc(C(=O)N2c3ccccc3CC2C)cc1. The van der Waals surface area contributed by atoms with Crippen LogP contribution in [-0.4, -0.2) is 26.9 Å². The normalized spacial score (nSPS) is 16.8. The van der Waals surface area contributed by atoms with Crippen LogP contribution in [0.15, 0.2) is 53.4 Å². The first-order valence-electron chi connectivity index (χ1n) is 8.81. The summed E-state index contributed by atoms with van der Waals surface area (Å²) in [6.07, 6.45) is 0.827. The highest BCUT2D eigenvalue weighted by Gasteiger charge is 2.31. The van der Waals surface area contributed by atoms with E-state index >= 15 is 0 Å². The van der Waals surface area contributed by atoms with Crippen molar-refractivity contribution in [2.45, 2.75) is 38.1 Å². The van der Waals surface area contributed by atoms with Gasteiger partial charge in [0, 0.05) is 23.8 Å². The van der Waals surface area contributed by atoms with Crippen molar-refractivity contribution in [2.24, 2.45) is 5.92 Å². The third-order valence-corrected chi connectivity index (χ3v) is 5.96. The average molecular weight is 372 g/mol. The number of hydrogen-bond donors (Lipinski definition) is 1. The van der Waals surface area contributed by atoms with Gasteiger partial charge in [-0.1, -0.05) is 32.0 Å². The molecule has 0 bridgehead atoms. The van der Waals surface area contributed by atoms with E-state index in [0.29, 0.717) is 12.1 Å². The molecule has 1 aliphatic heterocycles. The number of nitrogens with one attached hydrogen (secondary N) is 1. The number of carbonyl (C=O) groups excluding carboxylic acids is 1. The summed E-state index contributed by atoms with van der Waals surface area (Å²) in [7, 11) is -3.55. The van der Waals surface area contributed by atoms with Crippen molar-refractivity contribution in [3.05, 3.63) is 59.7 Å². The Hall–Kier alpha value is -2.18. The lowest BCUT2D eigenvalue weighted by atomic mass is 10.1. The number of anilines is 1. The Bertz CT molecular complexity index is 905. The molecule has 3 rings (SSSR count). The molecule has 2 aromatic carbocycles. The molecule has 26 heavy (non-hydrogen) atoms. The van der Waals surface area contributed by atoms with Crippen LogP contribution in [0.25, 0.3) is 0 Å². The highest BCUT2D eigenvalue weighted by atomic mass is 32.2. The molecule has 1 amide bonds. The lowest BCUT2D eigenvalue weighted by molar-refractivity contribution is 0.0981. The zero-order valence-electron chi connectivity index (χ0n) is 15.3. The molecule has 5 nitrogen and oxygen atoms in total. The van der Waals surface area contributed by atoms with Gasteiger partial charge in [-0.3, -0.25) is 4.79 Å². The molecule has 0 saturated carbocycles. The fourth-order valence-corrected chi connectivity index (χ4v) is 4.36. The summed E-state index contributed by atoms with van der Waals surface area (Å²) in [6, 6.07) is 14.1. The van der Waals surface area contributed by atoms with E-state index in [1.807, 2.05) is 45.0 Å². The molecule has 0 spiro atoms. The zero-order chi connectivity index (χ0) is 18.9. The molecule has 0 fully saturated rings. The summed E-state index contributed by atoms with van der Waals surface area (Å²) < 4.78 is 27.1. The Balaban J connectivity index is 1.82. The number of fused-ring (bicyclic) bond motifs is 1. The van der Waals surface area contributed by atoms with E-state index in [4.69, 9.17) is 0 Å². The molecule has 0 aromatic heterocycles. The molecule has 1 N–H and O–H groups in total. The van der Waals surface area contributed by atoms with Crippen LogP contribution in [0.1, 0.15) is 36.7 Å². The van der Waals surface area contributed by atoms with Crippen molar-refractivity contribution in [1.29, 1.82) is 0 Å². The molecule has 6 heteroatoms. The Morgan fingerprint density at radius 1 is 1.15 bits per heavy atom. The average Bonchev–Trinajstić information content (AvgIpc) is 2.95. The van der Waals surface area contributed by atoms with Gasteiger partial charge >= 0.3 is 0 Å². The monoisotopic (exact) mass is 372 g/mol. The molecule has 1 aliphatic rings. The van der Waals surface area contributed by atoms with Gasteiger partial charge in [0.05, 0.1) is 4.90 Å². The second-order valence-electron chi connectivity index (χ2n) is 7.13. The predicted octanol–water partition coefficient (Wildman–Crippen LogP) is 3.21. The third-order valence-electron chi connectivity index (χ3n) is 4.52. The topological polar surface area (TPSA) is 66.5 Å². The first-order valence-corrected chi connectivity index (χ1v) is 10.3. The molecule has 2 aromatic rings. The van der Waals surface area contributed by atoms with Crippen molar-refractivity contribution >= 4 is 21.6 Å². The van der Waals surface area contributed by atoms with Crippen LogP contribution in [0.4, 0.5) is 5.69 Å². The van der Waals surface area contributed by atoms with Gasteiger partial charge in [0.2, 0.25) is 10.0 Å². The summed E-state index contributed by atoms with van der Waals surface area (Å²) >= 11 is 0. The van der Waals surface area contributed by atoms with Gasteiger partial charge in [0.15, 0.2) is 0 Å². The fraction of sp³-hybridized carbons (Fsp3) is 0.350. The summed E-state index contributed by atoms with van der Waals surface area (Å²) in [5.41, 5.74) is 2.57. The van der Waals surface area contributed by atoms with E-state index in [1.165, 1.54) is 12.1 Å². The first-order chi connectivity index (χ1) is 12.3. The number of nitrogens with zero attached hydrogens (tertiary/aromatic N) is 1. The smallest absolute Gasteiger partial charge is 0.258 e. The molecule has 138 valence electrons. The largest absolute Gasteiger partial charge is 0.305 e. The molecular formula is C20H24N2O3S. The van der Waals surface area contributed by atoms with Gasteiger partial charge in [-0.05, 0) is 55.2 Å². The van der Waals surface area contributed by atoms with Crippen LogP contribution in [0, 0.1) is 5.92 Å². The van der Waals surface area contributed by atoms with E-state index in [2.05, 4.69) is 4.72 Å². The van der Waals surface area contributed by atoms with Crippen LogP contribution in [0.5, 0.6) is 0 Å². The quantitative estimate of drug-likeness (QED) is 0.876. The molecule has 1 unspecified atom stereocenters. The van der Waals surface area contributed by atoms with Crippen LogP contribution < -0.4 is 9.62 Å². The van der Waals surface area contributed by atoms with Gasteiger partial charge in [-0.2, -0.15) is 0 Å². The second kappa shape index (κ2) is 7.21. The standard InChI is InChI=1S/C20H24N2O3S/c1-14(2)13-21-26(24,25)18-10-8-16(9-11-18)20(23)22-15(3)12-17-6-4-5-7-19(17)22/h4-11,14-15,21H,12-13H2,1-3H3. The minimum absolute atomic E-state index is 0.0796. The number of amides is 1. The van der Waals surface area contributed by atoms with E-state index in [-0.39, 0.29) is 22.8 Å². The molecule has 1 atom stereocenters. The van der Waals surface area contributed by atoms with Gasteiger partial charge in [0.1, 0.15) is 0 Å². The van der Waals surface area contributed by atoms with E-state index in [0.717, 1.165) is 17.7 Å². The number of rotatable bonds is 5. The minimum Gasteiger partial charge on any atom is -0.305 e. The van der Waals surface area contributed by atoms with Crippen LogP contribution in [0.3, 0.4) is 0 Å². The summed E-state index contributed by atoms with van der Waals surface area (Å²) in [4.78, 5) is 14.9. The first kappa shape index (κ1) is 18.6. The second-order valence-corrected chi connectivity index (χ2v) is 8.89. The van der Waals surface area contributed by atoms with Crippen molar-refractivity contribution in [1.82, 2.24) is 4.72 Å². The number of sulfonamides is 1. The van der Waals surface area contributed by atoms with Crippen molar-refractivity contribution < 1.29 is 13.2 Å². The fourth-order valence-electron chi connectivity index (χ4n) is 3.15. The zero-order valence-corrected chi connectivity index (χ0v) is 16.1. The molecule has 0 aliphatic carbocycles. The molecular weight excluding hydrogens is 348 g/mol. The molecule has 0 saturated heterocycles. The maximum absolute atomic E-state index is 13.0.